The van der Waals surface area contributed by atoms with Crippen LogP contribution >= 0.6 is 0 Å². The molecule has 3 heteroatoms. The third-order valence-electron chi connectivity index (χ3n) is 4.00. The summed E-state index contributed by atoms with van der Waals surface area (Å²) in [5.41, 5.74) is 0. The molecule has 1 rings (SSSR count). The van der Waals surface area contributed by atoms with E-state index in [2.05, 4.69) is 37.5 Å². The summed E-state index contributed by atoms with van der Waals surface area (Å²) in [5, 5.41) is 10.2. The second-order valence-corrected chi connectivity index (χ2v) is 5.50. The summed E-state index contributed by atoms with van der Waals surface area (Å²) in [5.74, 6) is 0. The molecule has 0 aliphatic carbocycles. The maximum absolute atomic E-state index is 10.2. The molecule has 0 saturated carbocycles. The summed E-state index contributed by atoms with van der Waals surface area (Å²) >= 11 is 0. The van der Waals surface area contributed by atoms with E-state index in [0.717, 1.165) is 45.4 Å². The average Bonchev–Trinajstić information content (AvgIpc) is 2.31. The third-order valence-corrected chi connectivity index (χ3v) is 4.00. The Hall–Kier alpha value is -0.120. The average molecular weight is 242 g/mol. The minimum atomic E-state index is -0.143. The van der Waals surface area contributed by atoms with Crippen molar-refractivity contribution in [1.82, 2.24) is 9.80 Å². The van der Waals surface area contributed by atoms with E-state index >= 15 is 0 Å². The van der Waals surface area contributed by atoms with E-state index in [0.29, 0.717) is 12.1 Å². The minimum Gasteiger partial charge on any atom is -0.391 e. The topological polar surface area (TPSA) is 26.7 Å². The second kappa shape index (κ2) is 7.34. The van der Waals surface area contributed by atoms with Crippen LogP contribution in [0.2, 0.25) is 0 Å². The first-order valence-electron chi connectivity index (χ1n) is 7.26. The molecule has 1 N–H and O–H groups in total. The molecule has 0 aromatic carbocycles. The van der Waals surface area contributed by atoms with Crippen molar-refractivity contribution in [3.05, 3.63) is 0 Å². The van der Waals surface area contributed by atoms with Crippen LogP contribution in [0.3, 0.4) is 0 Å². The van der Waals surface area contributed by atoms with Crippen LogP contribution in [0.25, 0.3) is 0 Å². The smallest absolute Gasteiger partial charge is 0.0695 e. The number of aliphatic hydroxyl groups is 1. The van der Waals surface area contributed by atoms with Crippen LogP contribution in [0.15, 0.2) is 0 Å². The number of rotatable bonds is 6. The Morgan fingerprint density at radius 1 is 1.00 bits per heavy atom. The highest BCUT2D eigenvalue weighted by atomic mass is 16.3. The number of hydrogen-bond acceptors (Lipinski definition) is 3. The Labute approximate surface area is 107 Å². The van der Waals surface area contributed by atoms with Gasteiger partial charge in [-0.1, -0.05) is 20.3 Å². The lowest BCUT2D eigenvalue weighted by Crippen LogP contribution is -2.54. The highest BCUT2D eigenvalue weighted by Gasteiger charge is 2.27. The molecule has 0 radical (unpaired) electrons. The monoisotopic (exact) mass is 242 g/mol. The number of aliphatic hydroxyl groups excluding tert-OH is 1. The zero-order valence-corrected chi connectivity index (χ0v) is 12.0. The molecule has 0 aromatic heterocycles. The van der Waals surface area contributed by atoms with Gasteiger partial charge >= 0.3 is 0 Å². The van der Waals surface area contributed by atoms with Crippen molar-refractivity contribution in [2.75, 3.05) is 26.2 Å². The van der Waals surface area contributed by atoms with E-state index in [4.69, 9.17) is 0 Å². The van der Waals surface area contributed by atoms with E-state index in [-0.39, 0.29) is 6.10 Å². The molecule has 1 fully saturated rings. The van der Waals surface area contributed by atoms with Gasteiger partial charge in [-0.3, -0.25) is 9.80 Å². The van der Waals surface area contributed by atoms with Gasteiger partial charge in [-0.2, -0.15) is 0 Å². The van der Waals surface area contributed by atoms with Crippen molar-refractivity contribution >= 4 is 0 Å². The Morgan fingerprint density at radius 3 is 1.94 bits per heavy atom. The van der Waals surface area contributed by atoms with Crippen LogP contribution in [0, 0.1) is 0 Å². The van der Waals surface area contributed by atoms with Gasteiger partial charge in [-0.05, 0) is 26.7 Å². The van der Waals surface area contributed by atoms with Crippen LogP contribution in [0.1, 0.15) is 47.0 Å². The van der Waals surface area contributed by atoms with Gasteiger partial charge in [0.2, 0.25) is 0 Å². The van der Waals surface area contributed by atoms with Crippen LogP contribution in [0.5, 0.6) is 0 Å². The Kier molecular flexibility index (Phi) is 6.45. The van der Waals surface area contributed by atoms with E-state index in [1.807, 2.05) is 0 Å². The number of piperazine rings is 1. The molecule has 3 nitrogen and oxygen atoms in total. The molecule has 102 valence electrons. The fourth-order valence-corrected chi connectivity index (χ4v) is 2.85. The van der Waals surface area contributed by atoms with E-state index < -0.39 is 0 Å². The lowest BCUT2D eigenvalue weighted by Gasteiger charge is -2.42. The molecule has 1 aliphatic heterocycles. The number of nitrogens with zero attached hydrogens (tertiary/aromatic N) is 2. The van der Waals surface area contributed by atoms with Crippen LogP contribution < -0.4 is 0 Å². The normalized spacial score (nSPS) is 22.9. The van der Waals surface area contributed by atoms with E-state index in [1.165, 1.54) is 0 Å². The zero-order valence-electron chi connectivity index (χ0n) is 12.0. The van der Waals surface area contributed by atoms with Crippen molar-refractivity contribution < 1.29 is 5.11 Å². The van der Waals surface area contributed by atoms with Gasteiger partial charge in [0, 0.05) is 38.3 Å². The maximum Gasteiger partial charge on any atom is 0.0695 e. The fourth-order valence-electron chi connectivity index (χ4n) is 2.85. The fraction of sp³-hybridized carbons (Fsp3) is 1.00. The first-order chi connectivity index (χ1) is 8.10. The largest absolute Gasteiger partial charge is 0.391 e. The SMILES string of the molecule is CCCC(O)C(CC)N1CCN(C(C)C)CC1. The van der Waals surface area contributed by atoms with E-state index in [1.54, 1.807) is 0 Å². The molecular weight excluding hydrogens is 212 g/mol. The number of hydrogen-bond donors (Lipinski definition) is 1. The first kappa shape index (κ1) is 14.9. The summed E-state index contributed by atoms with van der Waals surface area (Å²) in [7, 11) is 0. The van der Waals surface area contributed by atoms with Gasteiger partial charge in [-0.25, -0.2) is 0 Å². The molecule has 1 aliphatic rings. The molecule has 2 atom stereocenters. The van der Waals surface area contributed by atoms with Crippen molar-refractivity contribution in [2.45, 2.75) is 65.1 Å². The molecule has 0 spiro atoms. The summed E-state index contributed by atoms with van der Waals surface area (Å²) in [6.07, 6.45) is 2.92. The van der Waals surface area contributed by atoms with Gasteiger partial charge in [0.05, 0.1) is 6.10 Å². The molecule has 0 amide bonds. The van der Waals surface area contributed by atoms with Gasteiger partial charge in [-0.15, -0.1) is 0 Å². The molecule has 0 bridgehead atoms. The summed E-state index contributed by atoms with van der Waals surface area (Å²) in [4.78, 5) is 5.01. The lowest BCUT2D eigenvalue weighted by molar-refractivity contribution is 0.00723. The predicted octanol–water partition coefficient (Wildman–Crippen LogP) is 1.95. The summed E-state index contributed by atoms with van der Waals surface area (Å²) < 4.78 is 0. The molecule has 17 heavy (non-hydrogen) atoms. The molecular formula is C14H30N2O. The molecule has 0 aromatic rings. The molecule has 1 heterocycles. The molecule has 2 unspecified atom stereocenters. The van der Waals surface area contributed by atoms with Gasteiger partial charge < -0.3 is 5.11 Å². The van der Waals surface area contributed by atoms with Crippen molar-refractivity contribution in [1.29, 1.82) is 0 Å². The Bertz CT molecular complexity index is 200. The maximum atomic E-state index is 10.2. The summed E-state index contributed by atoms with van der Waals surface area (Å²) in [6.45, 7) is 13.4. The van der Waals surface area contributed by atoms with Crippen LogP contribution in [-0.2, 0) is 0 Å². The highest BCUT2D eigenvalue weighted by Crippen LogP contribution is 2.16. The third kappa shape index (κ3) is 4.23. The predicted molar refractivity (Wildman–Crippen MR) is 73.3 cm³/mol. The lowest BCUT2D eigenvalue weighted by atomic mass is 10.0. The first-order valence-corrected chi connectivity index (χ1v) is 7.26. The highest BCUT2D eigenvalue weighted by molar-refractivity contribution is 4.83. The van der Waals surface area contributed by atoms with Crippen molar-refractivity contribution in [3.63, 3.8) is 0 Å². The van der Waals surface area contributed by atoms with Crippen molar-refractivity contribution in [2.24, 2.45) is 0 Å². The molecule has 1 saturated heterocycles. The second-order valence-electron chi connectivity index (χ2n) is 5.50. The van der Waals surface area contributed by atoms with Gasteiger partial charge in [0.1, 0.15) is 0 Å². The van der Waals surface area contributed by atoms with Crippen LogP contribution in [-0.4, -0.2) is 59.3 Å². The van der Waals surface area contributed by atoms with Crippen molar-refractivity contribution in [3.8, 4) is 0 Å². The standard InChI is InChI=1S/C14H30N2O/c1-5-7-14(17)13(6-2)16-10-8-15(9-11-16)12(3)4/h12-14,17H,5-11H2,1-4H3. The van der Waals surface area contributed by atoms with E-state index in [9.17, 15) is 5.11 Å². The van der Waals surface area contributed by atoms with Crippen LogP contribution in [0.4, 0.5) is 0 Å². The Morgan fingerprint density at radius 2 is 1.53 bits per heavy atom. The minimum absolute atomic E-state index is 0.143. The van der Waals surface area contributed by atoms with Gasteiger partial charge in [0.15, 0.2) is 0 Å². The Balaban J connectivity index is 2.44. The van der Waals surface area contributed by atoms with Gasteiger partial charge in [0.25, 0.3) is 0 Å². The quantitative estimate of drug-likeness (QED) is 0.771. The zero-order chi connectivity index (χ0) is 12.8. The summed E-state index contributed by atoms with van der Waals surface area (Å²) in [6, 6.07) is 1.02.